The summed E-state index contributed by atoms with van der Waals surface area (Å²) in [5.74, 6) is -1.83. The summed E-state index contributed by atoms with van der Waals surface area (Å²) in [7, 11) is 1.86. The Kier molecular flexibility index (Phi) is 4.87. The molecule has 2 heterocycles. The van der Waals surface area contributed by atoms with Crippen LogP contribution in [-0.4, -0.2) is 46.9 Å². The maximum absolute atomic E-state index is 13.8. The molecule has 8 heteroatoms. The molecule has 1 aliphatic heterocycles. The third-order valence-electron chi connectivity index (χ3n) is 4.41. The maximum Gasteiger partial charge on any atom is 0.317 e. The lowest BCUT2D eigenvalue weighted by Gasteiger charge is -2.35. The highest BCUT2D eigenvalue weighted by Gasteiger charge is 2.24. The predicted octanol–water partition coefficient (Wildman–Crippen LogP) is 2.29. The van der Waals surface area contributed by atoms with E-state index >= 15 is 0 Å². The number of anilines is 1. The normalized spacial score (nSPS) is 16.0. The van der Waals surface area contributed by atoms with Crippen molar-refractivity contribution in [2.45, 2.75) is 13.0 Å². The van der Waals surface area contributed by atoms with Crippen LogP contribution in [0.2, 0.25) is 0 Å². The van der Waals surface area contributed by atoms with E-state index in [0.717, 1.165) is 11.8 Å². The Labute approximate surface area is 145 Å². The zero-order valence-corrected chi connectivity index (χ0v) is 14.2. The quantitative estimate of drug-likeness (QED) is 0.925. The summed E-state index contributed by atoms with van der Waals surface area (Å²) in [6.07, 6.45) is 3.73. The Morgan fingerprint density at radius 2 is 1.96 bits per heavy atom. The molecule has 3 rings (SSSR count). The van der Waals surface area contributed by atoms with Crippen LogP contribution in [0.4, 0.5) is 19.3 Å². The number of aryl methyl sites for hydroxylation is 1. The van der Waals surface area contributed by atoms with E-state index in [1.165, 1.54) is 12.1 Å². The molecule has 6 nitrogen and oxygen atoms in total. The summed E-state index contributed by atoms with van der Waals surface area (Å²) in [4.78, 5) is 16.2. The summed E-state index contributed by atoms with van der Waals surface area (Å²) in [5.41, 5.74) is 1.17. The van der Waals surface area contributed by atoms with Crippen LogP contribution in [0.25, 0.3) is 0 Å². The second-order valence-corrected chi connectivity index (χ2v) is 6.16. The number of nitrogens with one attached hydrogen (secondary N) is 1. The van der Waals surface area contributed by atoms with E-state index in [4.69, 9.17) is 0 Å². The molecule has 0 spiro atoms. The number of rotatable bonds is 3. The molecule has 25 heavy (non-hydrogen) atoms. The first-order valence-electron chi connectivity index (χ1n) is 8.18. The highest BCUT2D eigenvalue weighted by Crippen LogP contribution is 2.20. The second-order valence-electron chi connectivity index (χ2n) is 6.16. The summed E-state index contributed by atoms with van der Waals surface area (Å²) >= 11 is 0. The van der Waals surface area contributed by atoms with Gasteiger partial charge in [-0.25, -0.2) is 13.6 Å². The van der Waals surface area contributed by atoms with Gasteiger partial charge in [0.2, 0.25) is 0 Å². The Morgan fingerprint density at radius 3 is 2.60 bits per heavy atom. The van der Waals surface area contributed by atoms with Crippen molar-refractivity contribution in [2.24, 2.45) is 7.05 Å². The molecule has 1 aromatic heterocycles. The molecule has 134 valence electrons. The van der Waals surface area contributed by atoms with Gasteiger partial charge in [-0.05, 0) is 13.0 Å². The van der Waals surface area contributed by atoms with Crippen LogP contribution in [0.5, 0.6) is 0 Å². The molecule has 0 saturated carbocycles. The average Bonchev–Trinajstić information content (AvgIpc) is 3.04. The summed E-state index contributed by atoms with van der Waals surface area (Å²) in [5, 5.41) is 6.89. The second kappa shape index (κ2) is 7.08. The molecule has 2 aromatic rings. The van der Waals surface area contributed by atoms with E-state index in [1.54, 1.807) is 22.7 Å². The highest BCUT2D eigenvalue weighted by molar-refractivity contribution is 5.75. The van der Waals surface area contributed by atoms with E-state index < -0.39 is 17.7 Å². The minimum absolute atomic E-state index is 0.141. The van der Waals surface area contributed by atoms with E-state index in [9.17, 15) is 13.6 Å². The lowest BCUT2D eigenvalue weighted by Crippen LogP contribution is -2.52. The van der Waals surface area contributed by atoms with Crippen LogP contribution in [0.15, 0.2) is 30.6 Å². The number of hydrogen-bond donors (Lipinski definition) is 1. The highest BCUT2D eigenvalue weighted by atomic mass is 19.2. The maximum atomic E-state index is 13.8. The van der Waals surface area contributed by atoms with Crippen molar-refractivity contribution >= 4 is 11.7 Å². The lowest BCUT2D eigenvalue weighted by molar-refractivity contribution is 0.191. The van der Waals surface area contributed by atoms with Gasteiger partial charge in [0.05, 0.1) is 17.9 Å². The third kappa shape index (κ3) is 3.72. The molecule has 1 N–H and O–H groups in total. The third-order valence-corrected chi connectivity index (χ3v) is 4.41. The fraction of sp³-hybridized carbons (Fsp3) is 0.412. The van der Waals surface area contributed by atoms with Crippen molar-refractivity contribution < 1.29 is 13.6 Å². The number of aromatic nitrogens is 2. The van der Waals surface area contributed by atoms with Crippen molar-refractivity contribution in [1.82, 2.24) is 20.0 Å². The number of amides is 2. The van der Waals surface area contributed by atoms with Gasteiger partial charge in [0, 0.05) is 45.0 Å². The topological polar surface area (TPSA) is 53.4 Å². The minimum atomic E-state index is -0.920. The summed E-state index contributed by atoms with van der Waals surface area (Å²) in [6, 6.07) is 3.08. The predicted molar refractivity (Wildman–Crippen MR) is 90.3 cm³/mol. The van der Waals surface area contributed by atoms with Crippen molar-refractivity contribution in [3.63, 3.8) is 0 Å². The number of benzene rings is 1. The first-order chi connectivity index (χ1) is 12.0. The SMILES string of the molecule is C[C@@H](NC(=O)N1CCN(c2cnn(C)c2)CC1)c1cccc(F)c1F. The van der Waals surface area contributed by atoms with E-state index in [-0.39, 0.29) is 11.6 Å². The van der Waals surface area contributed by atoms with E-state index in [1.807, 2.05) is 13.2 Å². The van der Waals surface area contributed by atoms with Gasteiger partial charge in [-0.2, -0.15) is 5.10 Å². The van der Waals surface area contributed by atoms with Crippen LogP contribution in [0.1, 0.15) is 18.5 Å². The van der Waals surface area contributed by atoms with Crippen LogP contribution in [-0.2, 0) is 7.05 Å². The van der Waals surface area contributed by atoms with Crippen LogP contribution in [0, 0.1) is 11.6 Å². The fourth-order valence-corrected chi connectivity index (χ4v) is 2.95. The van der Waals surface area contributed by atoms with Gasteiger partial charge in [0.1, 0.15) is 0 Å². The lowest BCUT2D eigenvalue weighted by atomic mass is 10.1. The smallest absolute Gasteiger partial charge is 0.317 e. The molecule has 1 saturated heterocycles. The fourth-order valence-electron chi connectivity index (χ4n) is 2.95. The molecule has 0 unspecified atom stereocenters. The Hall–Kier alpha value is -2.64. The molecule has 2 amide bonds. The number of carbonyl (C=O) groups excluding carboxylic acids is 1. The number of nitrogens with zero attached hydrogens (tertiary/aromatic N) is 4. The molecular formula is C17H21F2N5O. The molecule has 1 aromatic carbocycles. The number of urea groups is 1. The number of piperazine rings is 1. The van der Waals surface area contributed by atoms with Gasteiger partial charge < -0.3 is 15.1 Å². The number of halogens is 2. The molecule has 0 aliphatic carbocycles. The molecule has 1 aliphatic rings. The van der Waals surface area contributed by atoms with Gasteiger partial charge in [-0.3, -0.25) is 4.68 Å². The van der Waals surface area contributed by atoms with Crippen molar-refractivity contribution in [3.8, 4) is 0 Å². The van der Waals surface area contributed by atoms with Crippen LogP contribution < -0.4 is 10.2 Å². The average molecular weight is 349 g/mol. The molecular weight excluding hydrogens is 328 g/mol. The molecule has 1 atom stereocenters. The van der Waals surface area contributed by atoms with Crippen molar-refractivity contribution in [2.75, 3.05) is 31.1 Å². The summed E-state index contributed by atoms with van der Waals surface area (Å²) < 4.78 is 28.9. The van der Waals surface area contributed by atoms with Gasteiger partial charge in [-0.1, -0.05) is 12.1 Å². The number of hydrogen-bond acceptors (Lipinski definition) is 3. The van der Waals surface area contributed by atoms with Crippen molar-refractivity contribution in [3.05, 3.63) is 47.8 Å². The van der Waals surface area contributed by atoms with Gasteiger partial charge >= 0.3 is 6.03 Å². The van der Waals surface area contributed by atoms with Crippen LogP contribution >= 0.6 is 0 Å². The van der Waals surface area contributed by atoms with E-state index in [2.05, 4.69) is 15.3 Å². The Balaban J connectivity index is 1.56. The van der Waals surface area contributed by atoms with Crippen molar-refractivity contribution in [1.29, 1.82) is 0 Å². The molecule has 0 radical (unpaired) electrons. The monoisotopic (exact) mass is 349 g/mol. The Morgan fingerprint density at radius 1 is 1.24 bits per heavy atom. The summed E-state index contributed by atoms with van der Waals surface area (Å²) in [6.45, 7) is 4.14. The number of carbonyl (C=O) groups is 1. The zero-order valence-electron chi connectivity index (χ0n) is 14.2. The van der Waals surface area contributed by atoms with Gasteiger partial charge in [0.15, 0.2) is 11.6 Å². The first kappa shape index (κ1) is 17.2. The van der Waals surface area contributed by atoms with E-state index in [0.29, 0.717) is 26.2 Å². The Bertz CT molecular complexity index is 755. The van der Waals surface area contributed by atoms with Gasteiger partial charge in [-0.15, -0.1) is 0 Å². The standard InChI is InChI=1S/C17H21F2N5O/c1-12(14-4-3-5-15(18)16(14)19)21-17(25)24-8-6-23(7-9-24)13-10-20-22(2)11-13/h3-5,10-12H,6-9H2,1-2H3,(H,21,25)/t12-/m1/s1. The largest absolute Gasteiger partial charge is 0.365 e. The first-order valence-corrected chi connectivity index (χ1v) is 8.18. The zero-order chi connectivity index (χ0) is 18.0. The van der Waals surface area contributed by atoms with Crippen LogP contribution in [0.3, 0.4) is 0 Å². The molecule has 1 fully saturated rings. The van der Waals surface area contributed by atoms with Gasteiger partial charge in [0.25, 0.3) is 0 Å². The minimum Gasteiger partial charge on any atom is -0.365 e. The molecule has 0 bridgehead atoms.